The van der Waals surface area contributed by atoms with Crippen molar-refractivity contribution in [2.45, 2.75) is 32.8 Å². The number of alkyl carbamates (subject to hydrolysis) is 1. The molecule has 0 saturated heterocycles. The Balaban J connectivity index is 2.15. The zero-order chi connectivity index (χ0) is 14.3. The lowest BCUT2D eigenvalue weighted by atomic mass is 10.2. The van der Waals surface area contributed by atoms with Crippen LogP contribution < -0.4 is 10.6 Å². The third kappa shape index (κ3) is 6.86. The molecule has 1 amide bonds. The molecule has 0 fully saturated rings. The van der Waals surface area contributed by atoms with Crippen LogP contribution in [0.4, 0.5) is 10.5 Å². The summed E-state index contributed by atoms with van der Waals surface area (Å²) >= 11 is 5.97. The SMILES string of the molecule is CC(C)(C)OC(=O)NCCCNc1cnccc1Cl. The lowest BCUT2D eigenvalue weighted by Crippen LogP contribution is -2.33. The molecule has 0 saturated carbocycles. The van der Waals surface area contributed by atoms with E-state index in [9.17, 15) is 4.79 Å². The number of hydrogen-bond donors (Lipinski definition) is 2. The van der Waals surface area contributed by atoms with Gasteiger partial charge in [0.1, 0.15) is 5.60 Å². The summed E-state index contributed by atoms with van der Waals surface area (Å²) in [5.41, 5.74) is 0.326. The Bertz CT molecular complexity index is 419. The summed E-state index contributed by atoms with van der Waals surface area (Å²) in [5, 5.41) is 6.47. The topological polar surface area (TPSA) is 63.2 Å². The fraction of sp³-hybridized carbons (Fsp3) is 0.538. The third-order valence-electron chi connectivity index (χ3n) is 2.11. The number of halogens is 1. The van der Waals surface area contributed by atoms with E-state index in [1.807, 2.05) is 20.8 Å². The molecule has 1 heterocycles. The summed E-state index contributed by atoms with van der Waals surface area (Å²) in [6.45, 7) is 6.73. The van der Waals surface area contributed by atoms with Gasteiger partial charge in [-0.3, -0.25) is 4.98 Å². The second-order valence-electron chi connectivity index (χ2n) is 5.06. The van der Waals surface area contributed by atoms with Gasteiger partial charge in [0.2, 0.25) is 0 Å². The van der Waals surface area contributed by atoms with Gasteiger partial charge in [0, 0.05) is 19.3 Å². The van der Waals surface area contributed by atoms with Crippen molar-refractivity contribution in [3.63, 3.8) is 0 Å². The summed E-state index contributed by atoms with van der Waals surface area (Å²) in [6.07, 6.45) is 3.68. The lowest BCUT2D eigenvalue weighted by molar-refractivity contribution is 0.0528. The molecule has 6 heteroatoms. The van der Waals surface area contributed by atoms with E-state index >= 15 is 0 Å². The zero-order valence-electron chi connectivity index (χ0n) is 11.5. The van der Waals surface area contributed by atoms with E-state index in [2.05, 4.69) is 15.6 Å². The second-order valence-corrected chi connectivity index (χ2v) is 5.47. The van der Waals surface area contributed by atoms with Gasteiger partial charge in [-0.15, -0.1) is 0 Å². The largest absolute Gasteiger partial charge is 0.444 e. The van der Waals surface area contributed by atoms with Crippen LogP contribution in [0.1, 0.15) is 27.2 Å². The van der Waals surface area contributed by atoms with Crippen molar-refractivity contribution >= 4 is 23.4 Å². The van der Waals surface area contributed by atoms with Gasteiger partial charge in [-0.2, -0.15) is 0 Å². The Kier molecular flexibility index (Phi) is 5.89. The van der Waals surface area contributed by atoms with Crippen molar-refractivity contribution in [3.8, 4) is 0 Å². The highest BCUT2D eigenvalue weighted by Gasteiger charge is 2.15. The number of ether oxygens (including phenoxy) is 1. The minimum Gasteiger partial charge on any atom is -0.444 e. The van der Waals surface area contributed by atoms with Crippen molar-refractivity contribution in [2.75, 3.05) is 18.4 Å². The maximum Gasteiger partial charge on any atom is 0.407 e. The number of nitrogens with one attached hydrogen (secondary N) is 2. The van der Waals surface area contributed by atoms with Crippen molar-refractivity contribution in [3.05, 3.63) is 23.5 Å². The van der Waals surface area contributed by atoms with E-state index in [1.165, 1.54) is 0 Å². The van der Waals surface area contributed by atoms with Gasteiger partial charge in [0.15, 0.2) is 0 Å². The van der Waals surface area contributed by atoms with E-state index in [0.29, 0.717) is 18.1 Å². The molecule has 1 aromatic rings. The number of anilines is 1. The number of carbonyl (C=O) groups excluding carboxylic acids is 1. The average molecular weight is 286 g/mol. The van der Waals surface area contributed by atoms with Crippen LogP contribution >= 0.6 is 11.6 Å². The fourth-order valence-electron chi connectivity index (χ4n) is 1.32. The maximum absolute atomic E-state index is 11.4. The van der Waals surface area contributed by atoms with Crippen LogP contribution in [0.2, 0.25) is 5.02 Å². The minimum atomic E-state index is -0.467. The van der Waals surface area contributed by atoms with Crippen LogP contribution in [0.5, 0.6) is 0 Å². The molecule has 0 spiro atoms. The highest BCUT2D eigenvalue weighted by molar-refractivity contribution is 6.33. The first-order valence-electron chi connectivity index (χ1n) is 6.19. The number of amides is 1. The van der Waals surface area contributed by atoms with Crippen molar-refractivity contribution in [1.29, 1.82) is 0 Å². The molecule has 2 N–H and O–H groups in total. The summed E-state index contributed by atoms with van der Waals surface area (Å²) in [6, 6.07) is 1.73. The number of rotatable bonds is 5. The van der Waals surface area contributed by atoms with Gasteiger partial charge in [-0.25, -0.2) is 4.79 Å². The third-order valence-corrected chi connectivity index (χ3v) is 2.43. The minimum absolute atomic E-state index is 0.396. The van der Waals surface area contributed by atoms with Gasteiger partial charge in [0.05, 0.1) is 16.9 Å². The molecule has 19 heavy (non-hydrogen) atoms. The first-order chi connectivity index (χ1) is 8.88. The predicted octanol–water partition coefficient (Wildman–Crippen LogP) is 3.06. The van der Waals surface area contributed by atoms with Crippen LogP contribution in [0.25, 0.3) is 0 Å². The normalized spacial score (nSPS) is 10.9. The smallest absolute Gasteiger partial charge is 0.407 e. The molecule has 1 rings (SSSR count). The zero-order valence-corrected chi connectivity index (χ0v) is 12.3. The molecule has 106 valence electrons. The first-order valence-corrected chi connectivity index (χ1v) is 6.56. The quantitative estimate of drug-likeness (QED) is 0.816. The van der Waals surface area contributed by atoms with Gasteiger partial charge in [0.25, 0.3) is 0 Å². The maximum atomic E-state index is 11.4. The number of nitrogens with zero attached hydrogens (tertiary/aromatic N) is 1. The molecule has 0 unspecified atom stereocenters. The molecule has 0 aromatic carbocycles. The summed E-state index contributed by atoms with van der Waals surface area (Å²) in [7, 11) is 0. The van der Waals surface area contributed by atoms with Gasteiger partial charge in [-0.1, -0.05) is 11.6 Å². The Morgan fingerprint density at radius 3 is 2.79 bits per heavy atom. The molecular formula is C13H20ClN3O2. The van der Waals surface area contributed by atoms with E-state index in [1.54, 1.807) is 18.5 Å². The number of pyridine rings is 1. The summed E-state index contributed by atoms with van der Waals surface area (Å²) in [4.78, 5) is 15.3. The molecular weight excluding hydrogens is 266 g/mol. The molecule has 5 nitrogen and oxygen atoms in total. The molecule has 0 bridgehead atoms. The van der Waals surface area contributed by atoms with Gasteiger partial charge < -0.3 is 15.4 Å². The summed E-state index contributed by atoms with van der Waals surface area (Å²) in [5.74, 6) is 0. The molecule has 0 aliphatic carbocycles. The monoisotopic (exact) mass is 285 g/mol. The van der Waals surface area contributed by atoms with E-state index in [0.717, 1.165) is 12.1 Å². The fourth-order valence-corrected chi connectivity index (χ4v) is 1.50. The van der Waals surface area contributed by atoms with Crippen LogP contribution in [0.3, 0.4) is 0 Å². The predicted molar refractivity (Wildman–Crippen MR) is 76.6 cm³/mol. The second kappa shape index (κ2) is 7.19. The van der Waals surface area contributed by atoms with Crippen molar-refractivity contribution < 1.29 is 9.53 Å². The molecule has 0 radical (unpaired) electrons. The molecule has 1 aromatic heterocycles. The van der Waals surface area contributed by atoms with Crippen molar-refractivity contribution in [2.24, 2.45) is 0 Å². The van der Waals surface area contributed by atoms with Crippen LogP contribution in [0.15, 0.2) is 18.5 Å². The van der Waals surface area contributed by atoms with Crippen molar-refractivity contribution in [1.82, 2.24) is 10.3 Å². The Morgan fingerprint density at radius 2 is 2.16 bits per heavy atom. The lowest BCUT2D eigenvalue weighted by Gasteiger charge is -2.19. The molecule has 0 aliphatic rings. The number of hydrogen-bond acceptors (Lipinski definition) is 4. The van der Waals surface area contributed by atoms with E-state index in [-0.39, 0.29) is 0 Å². The number of carbonyl (C=O) groups is 1. The van der Waals surface area contributed by atoms with Crippen LogP contribution in [0, 0.1) is 0 Å². The highest BCUT2D eigenvalue weighted by atomic mass is 35.5. The van der Waals surface area contributed by atoms with Crippen LogP contribution in [-0.2, 0) is 4.74 Å². The summed E-state index contributed by atoms with van der Waals surface area (Å²) < 4.78 is 5.12. The van der Waals surface area contributed by atoms with Gasteiger partial charge in [-0.05, 0) is 33.3 Å². The highest BCUT2D eigenvalue weighted by Crippen LogP contribution is 2.18. The van der Waals surface area contributed by atoms with Gasteiger partial charge >= 0.3 is 6.09 Å². The Hall–Kier alpha value is -1.49. The van der Waals surface area contributed by atoms with E-state index in [4.69, 9.17) is 16.3 Å². The Labute approximate surface area is 118 Å². The standard InChI is InChI=1S/C13H20ClN3O2/c1-13(2,3)19-12(18)17-7-4-6-16-11-9-15-8-5-10(11)14/h5,8-9,16H,4,6-7H2,1-3H3,(H,17,18). The molecule has 0 aliphatic heterocycles. The number of aromatic nitrogens is 1. The molecule has 0 atom stereocenters. The Morgan fingerprint density at radius 1 is 1.42 bits per heavy atom. The average Bonchev–Trinajstić information content (AvgIpc) is 2.28. The van der Waals surface area contributed by atoms with Crippen LogP contribution in [-0.4, -0.2) is 29.8 Å². The van der Waals surface area contributed by atoms with E-state index < -0.39 is 11.7 Å². The first kappa shape index (κ1) is 15.6.